The SMILES string of the molecule is CN(I)c1ccc(N(C)c2ccc3c(c2)CC[C@H]3CNc2cnccc2C(=O)O)cc1. The first kappa shape index (κ1) is 21.4. The van der Waals surface area contributed by atoms with Crippen molar-refractivity contribution in [3.63, 3.8) is 0 Å². The zero-order valence-electron chi connectivity index (χ0n) is 17.5. The number of carboxylic acid groups (broad SMARTS) is 1. The van der Waals surface area contributed by atoms with Crippen molar-refractivity contribution in [1.82, 2.24) is 4.98 Å². The highest BCUT2D eigenvalue weighted by Crippen LogP contribution is 2.37. The summed E-state index contributed by atoms with van der Waals surface area (Å²) in [7, 11) is 4.12. The average molecular weight is 528 g/mol. The van der Waals surface area contributed by atoms with Gasteiger partial charge in [-0.25, -0.2) is 4.79 Å². The molecule has 0 bridgehead atoms. The number of aromatic carboxylic acids is 1. The van der Waals surface area contributed by atoms with Gasteiger partial charge in [-0.15, -0.1) is 0 Å². The van der Waals surface area contributed by atoms with Crippen molar-refractivity contribution in [1.29, 1.82) is 0 Å². The minimum atomic E-state index is -0.942. The van der Waals surface area contributed by atoms with Crippen LogP contribution in [-0.2, 0) is 6.42 Å². The largest absolute Gasteiger partial charge is 0.478 e. The minimum Gasteiger partial charge on any atom is -0.478 e. The van der Waals surface area contributed by atoms with Crippen molar-refractivity contribution in [3.8, 4) is 0 Å². The van der Waals surface area contributed by atoms with E-state index < -0.39 is 5.97 Å². The van der Waals surface area contributed by atoms with Gasteiger partial charge in [0, 0.05) is 49.8 Å². The van der Waals surface area contributed by atoms with E-state index in [0.29, 0.717) is 18.2 Å². The molecule has 0 saturated carbocycles. The molecular formula is C24H25IN4O2. The van der Waals surface area contributed by atoms with Crippen LogP contribution in [0.15, 0.2) is 60.9 Å². The molecule has 0 unspecified atom stereocenters. The fourth-order valence-corrected chi connectivity index (χ4v) is 4.42. The van der Waals surface area contributed by atoms with Gasteiger partial charge in [0.25, 0.3) is 0 Å². The topological polar surface area (TPSA) is 68.7 Å². The number of aromatic nitrogens is 1. The van der Waals surface area contributed by atoms with Crippen molar-refractivity contribution in [2.24, 2.45) is 0 Å². The minimum absolute atomic E-state index is 0.255. The molecule has 1 aromatic heterocycles. The number of hydrogen-bond acceptors (Lipinski definition) is 5. The molecule has 3 aromatic rings. The second-order valence-corrected chi connectivity index (χ2v) is 9.23. The number of halogens is 1. The van der Waals surface area contributed by atoms with E-state index in [1.54, 1.807) is 6.20 Å². The number of nitrogens with zero attached hydrogens (tertiary/aromatic N) is 3. The molecule has 0 radical (unpaired) electrons. The van der Waals surface area contributed by atoms with Crippen LogP contribution >= 0.6 is 22.9 Å². The number of benzene rings is 2. The van der Waals surface area contributed by atoms with Crippen molar-refractivity contribution in [2.75, 3.05) is 34.0 Å². The molecule has 0 spiro atoms. The maximum atomic E-state index is 11.4. The van der Waals surface area contributed by atoms with E-state index in [1.165, 1.54) is 34.8 Å². The average Bonchev–Trinajstić information content (AvgIpc) is 3.19. The number of hydrogen-bond donors (Lipinski definition) is 2. The van der Waals surface area contributed by atoms with Gasteiger partial charge in [-0.2, -0.15) is 0 Å². The molecule has 2 aromatic carbocycles. The number of pyridine rings is 1. The highest BCUT2D eigenvalue weighted by Gasteiger charge is 2.23. The van der Waals surface area contributed by atoms with Crippen LogP contribution in [0.3, 0.4) is 0 Å². The third kappa shape index (κ3) is 4.61. The standard InChI is InChI=1S/C24H25IN4O2/c1-28(18-5-7-19(8-6-18)29(2)25)20-9-10-21-16(13-20)3-4-17(21)14-27-23-15-26-12-11-22(23)24(30)31/h5-13,15,17,27H,3-4,14H2,1-2H3,(H,30,31)/t17-/m0/s1. The van der Waals surface area contributed by atoms with E-state index >= 15 is 0 Å². The van der Waals surface area contributed by atoms with Gasteiger partial charge >= 0.3 is 5.97 Å². The van der Waals surface area contributed by atoms with Gasteiger partial charge in [0.1, 0.15) is 0 Å². The first-order chi connectivity index (χ1) is 14.9. The highest BCUT2D eigenvalue weighted by atomic mass is 127. The van der Waals surface area contributed by atoms with Crippen LogP contribution in [0.1, 0.15) is 33.8 Å². The molecule has 0 fully saturated rings. The molecule has 0 saturated heterocycles. The number of anilines is 4. The number of aryl methyl sites for hydroxylation is 1. The zero-order valence-corrected chi connectivity index (χ0v) is 19.7. The normalized spacial score (nSPS) is 14.7. The third-order valence-corrected chi connectivity index (χ3v) is 6.46. The molecule has 1 aliphatic rings. The summed E-state index contributed by atoms with van der Waals surface area (Å²) in [5.74, 6) is -0.586. The molecule has 1 aliphatic carbocycles. The van der Waals surface area contributed by atoms with Crippen LogP contribution < -0.4 is 13.3 Å². The number of carbonyl (C=O) groups is 1. The predicted molar refractivity (Wildman–Crippen MR) is 134 cm³/mol. The molecule has 160 valence electrons. The Labute approximate surface area is 196 Å². The monoisotopic (exact) mass is 528 g/mol. The summed E-state index contributed by atoms with van der Waals surface area (Å²) in [4.78, 5) is 17.7. The number of rotatable bonds is 7. The Balaban J connectivity index is 1.47. The maximum Gasteiger partial charge on any atom is 0.337 e. The third-order valence-electron chi connectivity index (χ3n) is 5.90. The van der Waals surface area contributed by atoms with E-state index in [1.807, 2.05) is 7.05 Å². The summed E-state index contributed by atoms with van der Waals surface area (Å²) >= 11 is 2.27. The van der Waals surface area contributed by atoms with Gasteiger partial charge in [0.15, 0.2) is 0 Å². The Morgan fingerprint density at radius 3 is 2.55 bits per heavy atom. The number of fused-ring (bicyclic) bond motifs is 1. The van der Waals surface area contributed by atoms with E-state index in [2.05, 4.69) is 90.7 Å². The summed E-state index contributed by atoms with van der Waals surface area (Å²) in [6.07, 6.45) is 5.17. The summed E-state index contributed by atoms with van der Waals surface area (Å²) < 4.78 is 2.07. The quantitative estimate of drug-likeness (QED) is 0.313. The first-order valence-electron chi connectivity index (χ1n) is 10.2. The Morgan fingerprint density at radius 2 is 1.84 bits per heavy atom. The van der Waals surface area contributed by atoms with E-state index in [-0.39, 0.29) is 5.56 Å². The van der Waals surface area contributed by atoms with Crippen molar-refractivity contribution >= 4 is 51.6 Å². The Morgan fingerprint density at radius 1 is 1.13 bits per heavy atom. The zero-order chi connectivity index (χ0) is 22.0. The second kappa shape index (κ2) is 9.13. The molecule has 6 nitrogen and oxygen atoms in total. The summed E-state index contributed by atoms with van der Waals surface area (Å²) in [5, 5.41) is 12.7. The molecule has 1 atom stereocenters. The highest BCUT2D eigenvalue weighted by molar-refractivity contribution is 14.1. The van der Waals surface area contributed by atoms with Crippen LogP contribution in [-0.4, -0.2) is 36.7 Å². The van der Waals surface area contributed by atoms with E-state index in [0.717, 1.165) is 18.5 Å². The van der Waals surface area contributed by atoms with Gasteiger partial charge in [-0.05, 0) is 66.4 Å². The van der Waals surface area contributed by atoms with E-state index in [4.69, 9.17) is 0 Å². The predicted octanol–water partition coefficient (Wildman–Crippen LogP) is 5.48. The fraction of sp³-hybridized carbons (Fsp3) is 0.250. The molecule has 1 heterocycles. The number of nitrogens with one attached hydrogen (secondary N) is 1. The number of carboxylic acids is 1. The Hall–Kier alpha value is -2.81. The molecule has 0 amide bonds. The van der Waals surface area contributed by atoms with Gasteiger partial charge < -0.3 is 18.4 Å². The summed E-state index contributed by atoms with van der Waals surface area (Å²) in [6.45, 7) is 0.694. The Bertz CT molecular complexity index is 1090. The lowest BCUT2D eigenvalue weighted by atomic mass is 10.0. The molecule has 4 rings (SSSR count). The van der Waals surface area contributed by atoms with Crippen molar-refractivity contribution in [2.45, 2.75) is 18.8 Å². The van der Waals surface area contributed by atoms with Crippen molar-refractivity contribution in [3.05, 3.63) is 77.6 Å². The summed E-state index contributed by atoms with van der Waals surface area (Å²) in [6, 6.07) is 16.7. The van der Waals surface area contributed by atoms with Crippen molar-refractivity contribution < 1.29 is 9.90 Å². The molecule has 31 heavy (non-hydrogen) atoms. The summed E-state index contributed by atoms with van der Waals surface area (Å²) in [5.41, 5.74) is 7.02. The van der Waals surface area contributed by atoms with Crippen LogP contribution in [0.2, 0.25) is 0 Å². The van der Waals surface area contributed by atoms with Gasteiger partial charge in [-0.1, -0.05) is 6.07 Å². The van der Waals surface area contributed by atoms with Crippen LogP contribution in [0, 0.1) is 0 Å². The smallest absolute Gasteiger partial charge is 0.337 e. The van der Waals surface area contributed by atoms with Gasteiger partial charge in [0.2, 0.25) is 0 Å². The van der Waals surface area contributed by atoms with Crippen LogP contribution in [0.4, 0.5) is 22.7 Å². The lowest BCUT2D eigenvalue weighted by molar-refractivity contribution is 0.0698. The lowest BCUT2D eigenvalue weighted by Crippen LogP contribution is -2.14. The second-order valence-electron chi connectivity index (χ2n) is 7.78. The Kier molecular flexibility index (Phi) is 6.31. The maximum absolute atomic E-state index is 11.4. The lowest BCUT2D eigenvalue weighted by Gasteiger charge is -2.22. The first-order valence-corrected chi connectivity index (χ1v) is 11.2. The molecule has 0 aliphatic heterocycles. The van der Waals surface area contributed by atoms with Gasteiger partial charge in [-0.3, -0.25) is 4.98 Å². The fourth-order valence-electron chi connectivity index (χ4n) is 4.10. The van der Waals surface area contributed by atoms with Crippen LogP contribution in [0.5, 0.6) is 0 Å². The van der Waals surface area contributed by atoms with Crippen LogP contribution in [0.25, 0.3) is 0 Å². The molecular weight excluding hydrogens is 503 g/mol. The molecule has 7 heteroatoms. The van der Waals surface area contributed by atoms with Gasteiger partial charge in [0.05, 0.1) is 40.3 Å². The van der Waals surface area contributed by atoms with E-state index in [9.17, 15) is 9.90 Å². The molecule has 2 N–H and O–H groups in total.